The fourth-order valence-corrected chi connectivity index (χ4v) is 5.84. The highest BCUT2D eigenvalue weighted by Crippen LogP contribution is 2.27. The molecule has 1 rings (SSSR count). The average Bonchev–Trinajstić information content (AvgIpc) is 3.00. The summed E-state index contributed by atoms with van der Waals surface area (Å²) in [6, 6.07) is 5.85. The van der Waals surface area contributed by atoms with Gasteiger partial charge in [-0.15, -0.1) is 0 Å². The maximum Gasteiger partial charge on any atom is 0.0568 e. The number of rotatable bonds is 7. The number of allylic oxidation sites excluding steroid dienone is 1. The van der Waals surface area contributed by atoms with E-state index >= 15 is 0 Å². The molecule has 0 aliphatic carbocycles. The molecule has 0 unspecified atom stereocenters. The van der Waals surface area contributed by atoms with E-state index in [9.17, 15) is 0 Å². The molecule has 0 aromatic carbocycles. The van der Waals surface area contributed by atoms with Gasteiger partial charge in [-0.1, -0.05) is 51.4 Å². The van der Waals surface area contributed by atoms with Gasteiger partial charge < -0.3 is 4.90 Å². The molecule has 0 radical (unpaired) electrons. The van der Waals surface area contributed by atoms with Crippen molar-refractivity contribution in [2.45, 2.75) is 51.4 Å². The summed E-state index contributed by atoms with van der Waals surface area (Å²) >= 11 is 0. The van der Waals surface area contributed by atoms with Crippen LogP contribution in [0.2, 0.25) is 24.2 Å². The van der Waals surface area contributed by atoms with E-state index in [1.807, 2.05) is 0 Å². The third-order valence-corrected chi connectivity index (χ3v) is 9.29. The van der Waals surface area contributed by atoms with E-state index in [0.717, 1.165) is 0 Å². The van der Waals surface area contributed by atoms with Crippen LogP contribution in [-0.2, 0) is 0 Å². The molecule has 1 fully saturated rings. The highest BCUT2D eigenvalue weighted by Gasteiger charge is 2.26. The fourth-order valence-electron chi connectivity index (χ4n) is 2.18. The molecule has 0 saturated carbocycles. The van der Waals surface area contributed by atoms with Crippen molar-refractivity contribution in [3.63, 3.8) is 0 Å². The second-order valence-corrected chi connectivity index (χ2v) is 9.90. The minimum Gasteiger partial charge on any atom is -0.374 e. The van der Waals surface area contributed by atoms with Crippen LogP contribution in [0.1, 0.15) is 27.2 Å². The molecule has 0 aromatic rings. The minimum atomic E-state index is -0.896. The molecule has 1 aliphatic heterocycles. The Balaban J connectivity index is 2.38. The van der Waals surface area contributed by atoms with Crippen LogP contribution in [0, 0.1) is 0 Å². The van der Waals surface area contributed by atoms with Gasteiger partial charge in [0, 0.05) is 13.1 Å². The first-order valence-corrected chi connectivity index (χ1v) is 9.00. The van der Waals surface area contributed by atoms with Crippen molar-refractivity contribution in [2.75, 3.05) is 13.1 Å². The predicted molar refractivity (Wildman–Crippen MR) is 67.3 cm³/mol. The van der Waals surface area contributed by atoms with E-state index in [4.69, 9.17) is 0 Å². The lowest BCUT2D eigenvalue weighted by Gasteiger charge is -2.27. The summed E-state index contributed by atoms with van der Waals surface area (Å²) in [5.74, 6) is 0. The quantitative estimate of drug-likeness (QED) is 0.458. The third-order valence-electron chi connectivity index (χ3n) is 3.63. The van der Waals surface area contributed by atoms with Crippen LogP contribution in [0.25, 0.3) is 0 Å². The minimum absolute atomic E-state index is 0.896. The lowest BCUT2D eigenvalue weighted by Crippen LogP contribution is -2.30. The summed E-state index contributed by atoms with van der Waals surface area (Å²) in [5.41, 5.74) is 0. The molecular formula is C12H25NSi. The zero-order chi connectivity index (χ0) is 10.4. The zero-order valence-electron chi connectivity index (χ0n) is 10.1. The van der Waals surface area contributed by atoms with Gasteiger partial charge in [0.2, 0.25) is 0 Å². The van der Waals surface area contributed by atoms with Gasteiger partial charge in [-0.2, -0.15) is 0 Å². The Morgan fingerprint density at radius 1 is 1.14 bits per heavy atom. The van der Waals surface area contributed by atoms with Gasteiger partial charge >= 0.3 is 0 Å². The van der Waals surface area contributed by atoms with Crippen LogP contribution in [0.15, 0.2) is 12.3 Å². The molecular weight excluding hydrogens is 186 g/mol. The highest BCUT2D eigenvalue weighted by atomic mass is 28.3. The third kappa shape index (κ3) is 3.49. The first kappa shape index (κ1) is 11.8. The van der Waals surface area contributed by atoms with Gasteiger partial charge in [-0.05, 0) is 12.2 Å². The Kier molecular flexibility index (Phi) is 4.73. The Labute approximate surface area is 90.2 Å². The van der Waals surface area contributed by atoms with Crippen LogP contribution >= 0.6 is 0 Å². The Morgan fingerprint density at radius 2 is 1.79 bits per heavy atom. The van der Waals surface area contributed by atoms with Crippen molar-refractivity contribution >= 4 is 8.07 Å². The van der Waals surface area contributed by atoms with Crippen LogP contribution in [0.5, 0.6) is 0 Å². The SMILES string of the molecule is CCC[Si](CC)(CC)CC=CN1CC1. The number of hydrogen-bond acceptors (Lipinski definition) is 1. The van der Waals surface area contributed by atoms with Gasteiger partial charge in [0.25, 0.3) is 0 Å². The molecule has 1 saturated heterocycles. The molecule has 0 spiro atoms. The van der Waals surface area contributed by atoms with Crippen LogP contribution < -0.4 is 0 Å². The Hall–Kier alpha value is -0.243. The lowest BCUT2D eigenvalue weighted by molar-refractivity contribution is 0.770. The molecule has 82 valence electrons. The molecule has 0 bridgehead atoms. The van der Waals surface area contributed by atoms with Gasteiger partial charge in [-0.25, -0.2) is 0 Å². The summed E-state index contributed by atoms with van der Waals surface area (Å²) in [6.45, 7) is 9.71. The van der Waals surface area contributed by atoms with Crippen molar-refractivity contribution in [1.29, 1.82) is 0 Å². The summed E-state index contributed by atoms with van der Waals surface area (Å²) in [4.78, 5) is 2.39. The summed E-state index contributed by atoms with van der Waals surface area (Å²) in [6.07, 6.45) is 6.15. The zero-order valence-corrected chi connectivity index (χ0v) is 11.1. The normalized spacial score (nSPS) is 16.6. The molecule has 0 amide bonds. The monoisotopic (exact) mass is 211 g/mol. The smallest absolute Gasteiger partial charge is 0.0568 e. The van der Waals surface area contributed by atoms with Crippen molar-refractivity contribution < 1.29 is 0 Å². The van der Waals surface area contributed by atoms with Crippen molar-refractivity contribution in [3.8, 4) is 0 Å². The maximum absolute atomic E-state index is 2.45. The van der Waals surface area contributed by atoms with Crippen LogP contribution in [0.3, 0.4) is 0 Å². The molecule has 1 aliphatic rings. The number of nitrogens with zero attached hydrogens (tertiary/aromatic N) is 1. The van der Waals surface area contributed by atoms with E-state index in [1.54, 1.807) is 0 Å². The Bertz CT molecular complexity index is 181. The molecule has 1 nitrogen and oxygen atoms in total. The molecule has 0 atom stereocenters. The second kappa shape index (κ2) is 5.59. The predicted octanol–water partition coefficient (Wildman–Crippen LogP) is 3.71. The van der Waals surface area contributed by atoms with E-state index in [0.29, 0.717) is 0 Å². The first-order chi connectivity index (χ1) is 6.76. The van der Waals surface area contributed by atoms with E-state index in [-0.39, 0.29) is 0 Å². The van der Waals surface area contributed by atoms with Gasteiger partial charge in [0.15, 0.2) is 0 Å². The van der Waals surface area contributed by atoms with Crippen molar-refractivity contribution in [2.24, 2.45) is 0 Å². The summed E-state index contributed by atoms with van der Waals surface area (Å²) in [5, 5.41) is 0. The van der Waals surface area contributed by atoms with E-state index in [2.05, 4.69) is 37.9 Å². The molecule has 0 N–H and O–H groups in total. The highest BCUT2D eigenvalue weighted by molar-refractivity contribution is 6.80. The summed E-state index contributed by atoms with van der Waals surface area (Å²) in [7, 11) is -0.896. The molecule has 0 aromatic heterocycles. The van der Waals surface area contributed by atoms with E-state index in [1.165, 1.54) is 43.7 Å². The lowest BCUT2D eigenvalue weighted by atomic mass is 10.6. The largest absolute Gasteiger partial charge is 0.374 e. The summed E-state index contributed by atoms with van der Waals surface area (Å²) < 4.78 is 0. The van der Waals surface area contributed by atoms with Crippen LogP contribution in [-0.4, -0.2) is 26.1 Å². The molecule has 14 heavy (non-hydrogen) atoms. The first-order valence-electron chi connectivity index (χ1n) is 6.17. The fraction of sp³-hybridized carbons (Fsp3) is 0.833. The standard InChI is InChI=1S/C12H25NSi/c1-4-11-14(5-2,6-3)12-7-8-13-9-10-13/h7-8H,4-6,9-12H2,1-3H3. The van der Waals surface area contributed by atoms with Gasteiger partial charge in [0.05, 0.1) is 8.07 Å². The maximum atomic E-state index is 2.45. The van der Waals surface area contributed by atoms with E-state index < -0.39 is 8.07 Å². The Morgan fingerprint density at radius 3 is 2.21 bits per heavy atom. The average molecular weight is 211 g/mol. The van der Waals surface area contributed by atoms with Gasteiger partial charge in [-0.3, -0.25) is 0 Å². The van der Waals surface area contributed by atoms with Gasteiger partial charge in [0.1, 0.15) is 0 Å². The topological polar surface area (TPSA) is 3.01 Å². The van der Waals surface area contributed by atoms with Crippen LogP contribution in [0.4, 0.5) is 0 Å². The molecule has 2 heteroatoms. The molecule has 1 heterocycles. The van der Waals surface area contributed by atoms with Crippen molar-refractivity contribution in [3.05, 3.63) is 12.3 Å². The van der Waals surface area contributed by atoms with Crippen molar-refractivity contribution in [1.82, 2.24) is 4.90 Å². The number of hydrogen-bond donors (Lipinski definition) is 0. The second-order valence-electron chi connectivity index (χ2n) is 4.58.